The summed E-state index contributed by atoms with van der Waals surface area (Å²) in [6, 6.07) is 6.60. The van der Waals surface area contributed by atoms with Crippen molar-refractivity contribution in [2.45, 2.75) is 25.9 Å². The van der Waals surface area contributed by atoms with Crippen molar-refractivity contribution >= 4 is 16.7 Å². The number of nitrogens with one attached hydrogen (secondary N) is 1. The van der Waals surface area contributed by atoms with E-state index in [1.54, 1.807) is 19.1 Å². The predicted octanol–water partition coefficient (Wildman–Crippen LogP) is 6.48. The highest BCUT2D eigenvalue weighted by Gasteiger charge is 2.38. The molecule has 0 aliphatic carbocycles. The topological polar surface area (TPSA) is 69.2 Å². The maximum Gasteiger partial charge on any atom is 0.436 e. The molecule has 0 unspecified atom stereocenters. The van der Waals surface area contributed by atoms with Crippen molar-refractivity contribution in [2.24, 2.45) is 0 Å². The first kappa shape index (κ1) is 26.0. The number of methoxy groups -OCH3 is 1. The van der Waals surface area contributed by atoms with Gasteiger partial charge in [0.15, 0.2) is 28.8 Å². The van der Waals surface area contributed by atoms with E-state index in [2.05, 4.69) is 20.3 Å². The number of alkyl halides is 3. The molecule has 0 saturated carbocycles. The van der Waals surface area contributed by atoms with E-state index in [-0.39, 0.29) is 46.7 Å². The lowest BCUT2D eigenvalue weighted by Gasteiger charge is -2.17. The molecular weight excluding hydrogens is 502 g/mol. The molecule has 0 amide bonds. The number of halogens is 6. The van der Waals surface area contributed by atoms with E-state index in [0.717, 1.165) is 24.7 Å². The first-order valence-electron chi connectivity index (χ1n) is 11.1. The maximum atomic E-state index is 14.7. The van der Waals surface area contributed by atoms with Gasteiger partial charge in [0.2, 0.25) is 0 Å². The Balaban J connectivity index is 1.54. The fraction of sp³-hybridized carbons (Fsp3) is 0.240. The number of pyridine rings is 1. The quantitative estimate of drug-likeness (QED) is 0.267. The first-order chi connectivity index (χ1) is 17.6. The van der Waals surface area contributed by atoms with Crippen molar-refractivity contribution < 1.29 is 35.8 Å². The molecule has 4 rings (SSSR count). The summed E-state index contributed by atoms with van der Waals surface area (Å²) in [6.07, 6.45) is -2.37. The Hall–Kier alpha value is -4.09. The number of anilines is 1. The van der Waals surface area contributed by atoms with Crippen molar-refractivity contribution in [3.63, 3.8) is 0 Å². The van der Waals surface area contributed by atoms with Crippen molar-refractivity contribution in [1.82, 2.24) is 15.0 Å². The number of ether oxygens (including phenoxy) is 2. The summed E-state index contributed by atoms with van der Waals surface area (Å²) in [7, 11) is 1.33. The van der Waals surface area contributed by atoms with E-state index in [4.69, 9.17) is 9.47 Å². The molecule has 2 heterocycles. The summed E-state index contributed by atoms with van der Waals surface area (Å²) in [5.74, 6) is -3.26. The molecule has 0 fully saturated rings. The predicted molar refractivity (Wildman–Crippen MR) is 123 cm³/mol. The Bertz CT molecular complexity index is 1450. The summed E-state index contributed by atoms with van der Waals surface area (Å²) < 4.78 is 93.2. The molecule has 2 aromatic carbocycles. The van der Waals surface area contributed by atoms with Gasteiger partial charge in [0.1, 0.15) is 29.3 Å². The summed E-state index contributed by atoms with van der Waals surface area (Å²) in [5, 5.41) is 2.87. The van der Waals surface area contributed by atoms with Crippen LogP contribution >= 0.6 is 0 Å². The number of hydrogen-bond donors (Lipinski definition) is 1. The van der Waals surface area contributed by atoms with E-state index in [1.165, 1.54) is 13.2 Å². The Labute approximate surface area is 207 Å². The van der Waals surface area contributed by atoms with Gasteiger partial charge in [-0.3, -0.25) is 0 Å². The minimum atomic E-state index is -4.99. The monoisotopic (exact) mass is 522 g/mol. The highest BCUT2D eigenvalue weighted by atomic mass is 19.4. The van der Waals surface area contributed by atoms with Crippen LogP contribution < -0.4 is 14.8 Å². The number of nitrogens with zero attached hydrogens (tertiary/aromatic N) is 3. The third-order valence-electron chi connectivity index (χ3n) is 5.53. The molecule has 2 aromatic heterocycles. The minimum absolute atomic E-state index is 0.00599. The van der Waals surface area contributed by atoms with Gasteiger partial charge in [0.05, 0.1) is 12.5 Å². The van der Waals surface area contributed by atoms with Crippen LogP contribution in [0.25, 0.3) is 10.9 Å². The molecule has 4 aromatic rings. The summed E-state index contributed by atoms with van der Waals surface area (Å²) in [4.78, 5) is 11.0. The van der Waals surface area contributed by atoms with Crippen LogP contribution in [-0.4, -0.2) is 28.6 Å². The van der Waals surface area contributed by atoms with Gasteiger partial charge >= 0.3 is 6.18 Å². The second-order valence-electron chi connectivity index (χ2n) is 7.87. The van der Waals surface area contributed by atoms with Gasteiger partial charge < -0.3 is 14.8 Å². The Morgan fingerprint density at radius 1 is 0.946 bits per heavy atom. The van der Waals surface area contributed by atoms with Crippen LogP contribution in [0, 0.1) is 17.5 Å². The summed E-state index contributed by atoms with van der Waals surface area (Å²) in [5.41, 5.74) is -0.954. The third kappa shape index (κ3) is 5.37. The van der Waals surface area contributed by atoms with Gasteiger partial charge in [-0.1, -0.05) is 13.0 Å². The molecule has 0 aliphatic heterocycles. The molecule has 0 aliphatic rings. The first-order valence-corrected chi connectivity index (χ1v) is 11.1. The summed E-state index contributed by atoms with van der Waals surface area (Å²) >= 11 is 0. The largest absolute Gasteiger partial charge is 0.493 e. The van der Waals surface area contributed by atoms with Gasteiger partial charge in [-0.05, 0) is 42.7 Å². The van der Waals surface area contributed by atoms with Crippen molar-refractivity contribution in [2.75, 3.05) is 19.0 Å². The van der Waals surface area contributed by atoms with E-state index in [1.807, 2.05) is 0 Å². The zero-order valence-electron chi connectivity index (χ0n) is 19.6. The molecule has 194 valence electrons. The van der Waals surface area contributed by atoms with Gasteiger partial charge in [-0.15, -0.1) is 0 Å². The molecule has 0 atom stereocenters. The lowest BCUT2D eigenvalue weighted by atomic mass is 10.1. The van der Waals surface area contributed by atoms with Crippen molar-refractivity contribution in [1.29, 1.82) is 0 Å². The Morgan fingerprint density at radius 3 is 2.41 bits per heavy atom. The van der Waals surface area contributed by atoms with Crippen molar-refractivity contribution in [3.05, 3.63) is 77.1 Å². The fourth-order valence-corrected chi connectivity index (χ4v) is 3.69. The van der Waals surface area contributed by atoms with E-state index < -0.39 is 35.1 Å². The molecule has 0 radical (unpaired) electrons. The van der Waals surface area contributed by atoms with Gasteiger partial charge in [0.25, 0.3) is 0 Å². The standard InChI is InChI=1S/C25H20F6N4O2/c1-3-14-11-33-23(25(29,30)31)20(28)22(14)37-17-7-4-13(10-18(17)36-2)8-9-32-24-19-15(26)5-6-16(27)21(19)34-12-35-24/h4-7,10-12H,3,8-9H2,1-2H3,(H,32,34,35). The average Bonchev–Trinajstić information content (AvgIpc) is 2.87. The maximum absolute atomic E-state index is 14.7. The van der Waals surface area contributed by atoms with Crippen LogP contribution in [0.5, 0.6) is 17.2 Å². The van der Waals surface area contributed by atoms with Gasteiger partial charge in [-0.2, -0.15) is 13.2 Å². The number of fused-ring (bicyclic) bond motifs is 1. The molecule has 0 bridgehead atoms. The normalized spacial score (nSPS) is 11.6. The number of benzene rings is 2. The van der Waals surface area contributed by atoms with Gasteiger partial charge in [0, 0.05) is 18.3 Å². The molecule has 12 heteroatoms. The van der Waals surface area contributed by atoms with E-state index in [9.17, 15) is 26.3 Å². The molecule has 6 nitrogen and oxygen atoms in total. The van der Waals surface area contributed by atoms with Crippen LogP contribution in [0.4, 0.5) is 32.2 Å². The molecule has 37 heavy (non-hydrogen) atoms. The van der Waals surface area contributed by atoms with E-state index >= 15 is 0 Å². The van der Waals surface area contributed by atoms with Crippen LogP contribution in [0.3, 0.4) is 0 Å². The fourth-order valence-electron chi connectivity index (χ4n) is 3.69. The van der Waals surface area contributed by atoms with Crippen LogP contribution in [0.2, 0.25) is 0 Å². The zero-order valence-corrected chi connectivity index (χ0v) is 19.6. The number of hydrogen-bond acceptors (Lipinski definition) is 6. The number of aromatic nitrogens is 3. The molecule has 0 saturated heterocycles. The SMILES string of the molecule is CCc1cnc(C(F)(F)F)c(F)c1Oc1ccc(CCNc2ncnc3c(F)ccc(F)c23)cc1OC. The van der Waals surface area contributed by atoms with Gasteiger partial charge in [-0.25, -0.2) is 28.1 Å². The van der Waals surface area contributed by atoms with Crippen LogP contribution in [0.1, 0.15) is 23.7 Å². The lowest BCUT2D eigenvalue weighted by Crippen LogP contribution is -2.13. The number of rotatable bonds is 8. The van der Waals surface area contributed by atoms with Crippen molar-refractivity contribution in [3.8, 4) is 17.2 Å². The van der Waals surface area contributed by atoms with Crippen LogP contribution in [-0.2, 0) is 19.0 Å². The Morgan fingerprint density at radius 2 is 1.70 bits per heavy atom. The smallest absolute Gasteiger partial charge is 0.436 e. The highest BCUT2D eigenvalue weighted by molar-refractivity contribution is 5.89. The highest BCUT2D eigenvalue weighted by Crippen LogP contribution is 2.39. The third-order valence-corrected chi connectivity index (χ3v) is 5.53. The lowest BCUT2D eigenvalue weighted by molar-refractivity contribution is -0.143. The Kier molecular flexibility index (Phi) is 7.37. The number of aryl methyl sites for hydroxylation is 1. The second-order valence-corrected chi connectivity index (χ2v) is 7.87. The average molecular weight is 522 g/mol. The second kappa shape index (κ2) is 10.5. The summed E-state index contributed by atoms with van der Waals surface area (Å²) in [6.45, 7) is 1.89. The molecule has 0 spiro atoms. The minimum Gasteiger partial charge on any atom is -0.493 e. The van der Waals surface area contributed by atoms with Crippen LogP contribution in [0.15, 0.2) is 42.9 Å². The van der Waals surface area contributed by atoms with E-state index in [0.29, 0.717) is 12.0 Å². The molecular formula is C25H20F6N4O2. The molecule has 1 N–H and O–H groups in total. The zero-order chi connectivity index (χ0) is 26.7.